The molecule has 2 heterocycles. The molecule has 0 radical (unpaired) electrons. The summed E-state index contributed by atoms with van der Waals surface area (Å²) in [5.74, 6) is -0.201. The van der Waals surface area contributed by atoms with Gasteiger partial charge in [-0.2, -0.15) is 13.2 Å². The summed E-state index contributed by atoms with van der Waals surface area (Å²) in [7, 11) is 1.70. The van der Waals surface area contributed by atoms with Crippen LogP contribution in [0.15, 0.2) is 41.2 Å². The molecule has 1 saturated heterocycles. The van der Waals surface area contributed by atoms with Crippen molar-refractivity contribution in [1.82, 2.24) is 19.8 Å². The van der Waals surface area contributed by atoms with Gasteiger partial charge < -0.3 is 20.1 Å². The molecule has 2 aromatic carbocycles. The Hall–Kier alpha value is -3.89. The van der Waals surface area contributed by atoms with Crippen LogP contribution in [0.25, 0.3) is 10.9 Å². The molecule has 2 amide bonds. The average molecular weight is 516 g/mol. The zero-order chi connectivity index (χ0) is 27.1. The van der Waals surface area contributed by atoms with Crippen LogP contribution in [0.1, 0.15) is 53.6 Å². The van der Waals surface area contributed by atoms with Gasteiger partial charge in [0.15, 0.2) is 0 Å². The number of H-pyrrole nitrogens is 1. The van der Waals surface area contributed by atoms with Crippen molar-refractivity contribution in [2.45, 2.75) is 45.5 Å². The van der Waals surface area contributed by atoms with Crippen LogP contribution < -0.4 is 10.9 Å². The maximum absolute atomic E-state index is 14.0. The lowest BCUT2D eigenvalue weighted by molar-refractivity contribution is -0.138. The van der Waals surface area contributed by atoms with Crippen LogP contribution in [0, 0.1) is 6.92 Å². The van der Waals surface area contributed by atoms with E-state index in [-0.39, 0.29) is 46.7 Å². The summed E-state index contributed by atoms with van der Waals surface area (Å²) in [6.07, 6.45) is -4.35. The molecule has 4 rings (SSSR count). The van der Waals surface area contributed by atoms with E-state index in [1.54, 1.807) is 43.1 Å². The van der Waals surface area contributed by atoms with E-state index in [1.807, 2.05) is 6.92 Å². The van der Waals surface area contributed by atoms with E-state index < -0.39 is 23.3 Å². The molecule has 1 aromatic heterocycles. The number of carbonyl (C=O) groups excluding carboxylic acids is 2. The Kier molecular flexibility index (Phi) is 6.98. The van der Waals surface area contributed by atoms with Gasteiger partial charge in [0.25, 0.3) is 11.5 Å². The first-order valence-electron chi connectivity index (χ1n) is 11.9. The van der Waals surface area contributed by atoms with Crippen LogP contribution >= 0.6 is 0 Å². The summed E-state index contributed by atoms with van der Waals surface area (Å²) in [4.78, 5) is 47.1. The number of halogens is 3. The summed E-state index contributed by atoms with van der Waals surface area (Å²) < 4.78 is 42.0. The van der Waals surface area contributed by atoms with Gasteiger partial charge in [0, 0.05) is 30.9 Å². The molecule has 0 aliphatic carbocycles. The summed E-state index contributed by atoms with van der Waals surface area (Å²) in [6, 6.07) is 7.67. The Morgan fingerprint density at radius 1 is 1.22 bits per heavy atom. The molecule has 0 spiro atoms. The molecule has 1 fully saturated rings. The summed E-state index contributed by atoms with van der Waals surface area (Å²) in [6.45, 7) is 5.52. The maximum atomic E-state index is 14.0. The van der Waals surface area contributed by atoms with Crippen molar-refractivity contribution in [2.24, 2.45) is 0 Å². The molecule has 37 heavy (non-hydrogen) atoms. The number of aromatic nitrogens is 2. The number of hydrogen-bond acceptors (Lipinski definition) is 5. The Labute approximate surface area is 211 Å². The number of benzene rings is 2. The number of carbonyl (C=O) groups is 2. The third kappa shape index (κ3) is 5.30. The monoisotopic (exact) mass is 515 g/mol. The Bertz CT molecular complexity index is 1400. The highest BCUT2D eigenvalue weighted by molar-refractivity contribution is 5.97. The molecule has 0 unspecified atom stereocenters. The summed E-state index contributed by atoms with van der Waals surface area (Å²) in [5.41, 5.74) is -0.576. The molecule has 3 aromatic rings. The largest absolute Gasteiger partial charge is 0.416 e. The lowest BCUT2D eigenvalue weighted by Gasteiger charge is -2.37. The number of fused-ring (bicyclic) bond motifs is 1. The highest BCUT2D eigenvalue weighted by Gasteiger charge is 2.36. The second-order valence-corrected chi connectivity index (χ2v) is 9.33. The van der Waals surface area contributed by atoms with E-state index in [0.717, 1.165) is 6.07 Å². The third-order valence-corrected chi connectivity index (χ3v) is 6.71. The molecule has 2 atom stereocenters. The second kappa shape index (κ2) is 9.87. The third-order valence-electron chi connectivity index (χ3n) is 6.71. The molecule has 0 saturated carbocycles. The van der Waals surface area contributed by atoms with E-state index in [1.165, 1.54) is 17.9 Å². The van der Waals surface area contributed by atoms with E-state index >= 15 is 0 Å². The van der Waals surface area contributed by atoms with Crippen molar-refractivity contribution in [3.8, 4) is 0 Å². The number of piperazine rings is 1. The zero-order valence-electron chi connectivity index (χ0n) is 20.9. The molecule has 2 N–H and O–H groups in total. The van der Waals surface area contributed by atoms with Gasteiger partial charge in [-0.05, 0) is 62.2 Å². The van der Waals surface area contributed by atoms with Crippen molar-refractivity contribution >= 4 is 28.4 Å². The minimum atomic E-state index is -4.65. The number of alkyl halides is 3. The molecule has 1 aliphatic rings. The Morgan fingerprint density at radius 2 is 1.89 bits per heavy atom. The summed E-state index contributed by atoms with van der Waals surface area (Å²) in [5, 5.41) is 3.18. The minimum absolute atomic E-state index is 0.00667. The number of likely N-dealkylation sites (N-methyl/N-ethyl adjacent to an activating group) is 1. The highest BCUT2D eigenvalue weighted by atomic mass is 19.4. The number of aryl methyl sites for hydroxylation is 1. The molecule has 8 nitrogen and oxygen atoms in total. The van der Waals surface area contributed by atoms with Gasteiger partial charge >= 0.3 is 6.18 Å². The van der Waals surface area contributed by atoms with Crippen LogP contribution in [0.3, 0.4) is 0 Å². The molecule has 196 valence electrons. The first-order valence-corrected chi connectivity index (χ1v) is 11.9. The van der Waals surface area contributed by atoms with Crippen molar-refractivity contribution in [1.29, 1.82) is 0 Å². The van der Waals surface area contributed by atoms with Gasteiger partial charge in [-0.3, -0.25) is 14.4 Å². The topological polar surface area (TPSA) is 98.4 Å². The second-order valence-electron chi connectivity index (χ2n) is 9.33. The number of aromatic amines is 1. The van der Waals surface area contributed by atoms with Crippen LogP contribution in [-0.4, -0.2) is 57.8 Å². The van der Waals surface area contributed by atoms with Crippen molar-refractivity contribution < 1.29 is 22.8 Å². The molecular formula is C26H28F3N5O3. The smallest absolute Gasteiger partial charge is 0.378 e. The Morgan fingerprint density at radius 3 is 2.49 bits per heavy atom. The van der Waals surface area contributed by atoms with Crippen molar-refractivity contribution in [3.63, 3.8) is 0 Å². The first kappa shape index (κ1) is 26.2. The van der Waals surface area contributed by atoms with E-state index in [4.69, 9.17) is 0 Å². The average Bonchev–Trinajstić information content (AvgIpc) is 2.84. The van der Waals surface area contributed by atoms with Crippen LogP contribution in [0.5, 0.6) is 0 Å². The normalized spacial score (nSPS) is 17.3. The predicted molar refractivity (Wildman–Crippen MR) is 133 cm³/mol. The number of rotatable bonds is 5. The Balaban J connectivity index is 1.61. The SMILES string of the molecule is CC[C@H](Nc1ccc(C(=O)N2CC(=O)N(C)[C@@H](C)C2)cc1)c1cc2c(=O)[nH]c(C)nc2cc1C(F)(F)F. The molecular weight excluding hydrogens is 487 g/mol. The highest BCUT2D eigenvalue weighted by Crippen LogP contribution is 2.38. The van der Waals surface area contributed by atoms with Crippen LogP contribution in [-0.2, 0) is 11.0 Å². The lowest BCUT2D eigenvalue weighted by Crippen LogP contribution is -2.55. The van der Waals surface area contributed by atoms with Gasteiger partial charge in [-0.15, -0.1) is 0 Å². The number of nitrogens with zero attached hydrogens (tertiary/aromatic N) is 3. The van der Waals surface area contributed by atoms with E-state index in [0.29, 0.717) is 24.2 Å². The lowest BCUT2D eigenvalue weighted by atomic mass is 9.95. The molecule has 0 bridgehead atoms. The maximum Gasteiger partial charge on any atom is 0.416 e. The fraction of sp³-hybridized carbons (Fsp3) is 0.385. The fourth-order valence-corrected chi connectivity index (χ4v) is 4.53. The number of nitrogens with one attached hydrogen (secondary N) is 2. The molecule has 1 aliphatic heterocycles. The quantitative estimate of drug-likeness (QED) is 0.533. The van der Waals surface area contributed by atoms with Gasteiger partial charge in [0.05, 0.1) is 22.5 Å². The van der Waals surface area contributed by atoms with Gasteiger partial charge in [-0.25, -0.2) is 4.98 Å². The number of amides is 2. The van der Waals surface area contributed by atoms with E-state index in [9.17, 15) is 27.6 Å². The van der Waals surface area contributed by atoms with Gasteiger partial charge in [0.1, 0.15) is 12.4 Å². The van der Waals surface area contributed by atoms with Crippen molar-refractivity contribution in [3.05, 3.63) is 69.3 Å². The van der Waals surface area contributed by atoms with Crippen molar-refractivity contribution in [2.75, 3.05) is 25.5 Å². The first-order chi connectivity index (χ1) is 17.4. The van der Waals surface area contributed by atoms with Crippen LogP contribution in [0.4, 0.5) is 18.9 Å². The minimum Gasteiger partial charge on any atom is -0.378 e. The zero-order valence-corrected chi connectivity index (χ0v) is 20.9. The van der Waals surface area contributed by atoms with E-state index in [2.05, 4.69) is 15.3 Å². The van der Waals surface area contributed by atoms with Gasteiger partial charge in [-0.1, -0.05) is 6.92 Å². The standard InChI is InChI=1S/C26H28F3N5O3/c1-5-21(18-10-19-22(11-20(18)26(27,28)29)30-15(3)31-24(19)36)32-17-8-6-16(7-9-17)25(37)34-12-14(2)33(4)23(35)13-34/h6-11,14,21,32H,5,12-13H2,1-4H3,(H,30,31,36)/t14-,21-/m0/s1. The fourth-order valence-electron chi connectivity index (χ4n) is 4.53. The predicted octanol–water partition coefficient (Wildman–Crippen LogP) is 4.12. The number of hydrogen-bond donors (Lipinski definition) is 2. The van der Waals surface area contributed by atoms with Crippen LogP contribution in [0.2, 0.25) is 0 Å². The number of anilines is 1. The molecule has 11 heteroatoms. The summed E-state index contributed by atoms with van der Waals surface area (Å²) >= 11 is 0. The van der Waals surface area contributed by atoms with Gasteiger partial charge in [0.2, 0.25) is 5.91 Å².